The molecular weight excluding hydrogens is 257 g/mol. The van der Waals surface area contributed by atoms with Crippen LogP contribution < -0.4 is 11.3 Å². The lowest BCUT2D eigenvalue weighted by Crippen LogP contribution is -2.31. The van der Waals surface area contributed by atoms with Gasteiger partial charge in [0.05, 0.1) is 6.04 Å². The molecule has 0 saturated carbocycles. The summed E-state index contributed by atoms with van der Waals surface area (Å²) >= 11 is 0. The van der Waals surface area contributed by atoms with Crippen LogP contribution in [0.5, 0.6) is 0 Å². The fourth-order valence-electron chi connectivity index (χ4n) is 2.21. The fraction of sp³-hybridized carbons (Fsp3) is 0.429. The summed E-state index contributed by atoms with van der Waals surface area (Å²) in [5.41, 5.74) is 4.08. The summed E-state index contributed by atoms with van der Waals surface area (Å²) in [6.45, 7) is 5.90. The topological polar surface area (TPSA) is 68.8 Å². The van der Waals surface area contributed by atoms with E-state index in [1.807, 2.05) is 31.5 Å². The first-order valence-corrected chi connectivity index (χ1v) is 6.63. The summed E-state index contributed by atoms with van der Waals surface area (Å²) in [6.07, 6.45) is 1.99. The van der Waals surface area contributed by atoms with Gasteiger partial charge in [-0.3, -0.25) is 11.3 Å². The third kappa shape index (κ3) is 3.02. The number of rotatable bonds is 5. The van der Waals surface area contributed by atoms with Crippen LogP contribution in [0.15, 0.2) is 24.5 Å². The fourth-order valence-corrected chi connectivity index (χ4v) is 2.21. The van der Waals surface area contributed by atoms with Crippen LogP contribution in [-0.4, -0.2) is 14.8 Å². The molecule has 0 bridgehead atoms. The first kappa shape index (κ1) is 14.6. The van der Waals surface area contributed by atoms with Gasteiger partial charge in [-0.15, -0.1) is 0 Å². The lowest BCUT2D eigenvalue weighted by Gasteiger charge is -2.18. The maximum atomic E-state index is 14.0. The van der Waals surface area contributed by atoms with Crippen LogP contribution in [0, 0.1) is 12.7 Å². The van der Waals surface area contributed by atoms with Crippen molar-refractivity contribution < 1.29 is 4.39 Å². The number of hydrogen-bond donors (Lipinski definition) is 2. The molecule has 1 aromatic heterocycles. The Hall–Kier alpha value is -1.79. The molecule has 1 heterocycles. The number of aryl methyl sites for hydroxylation is 1. The molecule has 20 heavy (non-hydrogen) atoms. The number of hydrazine groups is 1. The van der Waals surface area contributed by atoms with Gasteiger partial charge in [0.25, 0.3) is 0 Å². The van der Waals surface area contributed by atoms with E-state index < -0.39 is 0 Å². The number of nitrogens with two attached hydrogens (primary N) is 1. The molecule has 108 valence electrons. The quantitative estimate of drug-likeness (QED) is 0.648. The highest BCUT2D eigenvalue weighted by atomic mass is 19.1. The van der Waals surface area contributed by atoms with Crippen molar-refractivity contribution in [1.29, 1.82) is 0 Å². The third-order valence-corrected chi connectivity index (χ3v) is 3.26. The van der Waals surface area contributed by atoms with Gasteiger partial charge in [-0.2, -0.15) is 5.10 Å². The van der Waals surface area contributed by atoms with Crippen LogP contribution in [0.1, 0.15) is 42.9 Å². The smallest absolute Gasteiger partial charge is 0.138 e. The highest BCUT2D eigenvalue weighted by molar-refractivity contribution is 5.26. The van der Waals surface area contributed by atoms with E-state index >= 15 is 0 Å². The molecule has 1 unspecified atom stereocenters. The van der Waals surface area contributed by atoms with Gasteiger partial charge < -0.3 is 0 Å². The molecule has 3 N–H and O–H groups in total. The average Bonchev–Trinajstić information content (AvgIpc) is 2.85. The molecule has 0 spiro atoms. The van der Waals surface area contributed by atoms with Gasteiger partial charge in [0.15, 0.2) is 0 Å². The second-order valence-corrected chi connectivity index (χ2v) is 5.16. The molecule has 0 aliphatic rings. The molecule has 1 aromatic carbocycles. The summed E-state index contributed by atoms with van der Waals surface area (Å²) in [6, 6.07) is 5.00. The third-order valence-electron chi connectivity index (χ3n) is 3.26. The van der Waals surface area contributed by atoms with Crippen molar-refractivity contribution >= 4 is 0 Å². The molecule has 0 aliphatic carbocycles. The minimum Gasteiger partial charge on any atom is -0.271 e. The number of hydrogen-bond acceptors (Lipinski definition) is 4. The Labute approximate surface area is 118 Å². The van der Waals surface area contributed by atoms with Crippen LogP contribution in [0.3, 0.4) is 0 Å². The van der Waals surface area contributed by atoms with Gasteiger partial charge in [0, 0.05) is 18.0 Å². The van der Waals surface area contributed by atoms with Gasteiger partial charge in [-0.1, -0.05) is 12.1 Å². The van der Waals surface area contributed by atoms with E-state index in [2.05, 4.69) is 15.5 Å². The maximum absolute atomic E-state index is 14.0. The van der Waals surface area contributed by atoms with E-state index in [1.165, 1.54) is 12.4 Å². The molecule has 5 nitrogen and oxygen atoms in total. The number of halogens is 1. The van der Waals surface area contributed by atoms with Crippen molar-refractivity contribution in [3.05, 3.63) is 47.3 Å². The maximum Gasteiger partial charge on any atom is 0.138 e. The summed E-state index contributed by atoms with van der Waals surface area (Å²) in [7, 11) is 0. The molecule has 1 atom stereocenters. The lowest BCUT2D eigenvalue weighted by atomic mass is 10.0. The Balaban J connectivity index is 2.27. The summed E-state index contributed by atoms with van der Waals surface area (Å²) < 4.78 is 15.9. The minimum absolute atomic E-state index is 0.203. The van der Waals surface area contributed by atoms with Crippen LogP contribution in [0.25, 0.3) is 0 Å². The van der Waals surface area contributed by atoms with Crippen molar-refractivity contribution in [1.82, 2.24) is 20.2 Å². The molecule has 2 aromatic rings. The molecular formula is C14H20FN5. The van der Waals surface area contributed by atoms with Crippen LogP contribution in [-0.2, 0) is 6.42 Å². The van der Waals surface area contributed by atoms with Crippen molar-refractivity contribution in [2.75, 3.05) is 0 Å². The van der Waals surface area contributed by atoms with E-state index in [0.717, 1.165) is 11.4 Å². The predicted molar refractivity (Wildman–Crippen MR) is 75.3 cm³/mol. The number of nitrogens with zero attached hydrogens (tertiary/aromatic N) is 3. The highest BCUT2D eigenvalue weighted by Gasteiger charge is 2.18. The standard InChI is InChI=1S/C14H20FN5/c1-9(2)20-14(17-8-18-20)7-13(19-16)11-5-4-10(3)6-12(11)15/h4-6,8-9,13,19H,7,16H2,1-3H3. The average molecular weight is 277 g/mol. The first-order valence-electron chi connectivity index (χ1n) is 6.63. The van der Waals surface area contributed by atoms with Crippen molar-refractivity contribution in [2.24, 2.45) is 5.84 Å². The Kier molecular flexibility index (Phi) is 4.46. The second kappa shape index (κ2) is 6.11. The number of aromatic nitrogens is 3. The largest absolute Gasteiger partial charge is 0.271 e. The molecule has 0 radical (unpaired) electrons. The lowest BCUT2D eigenvalue weighted by molar-refractivity contribution is 0.457. The minimum atomic E-state index is -0.336. The Morgan fingerprint density at radius 1 is 1.40 bits per heavy atom. The zero-order valence-electron chi connectivity index (χ0n) is 12.0. The van der Waals surface area contributed by atoms with Gasteiger partial charge in [0.2, 0.25) is 0 Å². The van der Waals surface area contributed by atoms with Crippen LogP contribution >= 0.6 is 0 Å². The Morgan fingerprint density at radius 2 is 2.15 bits per heavy atom. The van der Waals surface area contributed by atoms with Gasteiger partial charge >= 0.3 is 0 Å². The first-order chi connectivity index (χ1) is 9.52. The number of nitrogens with one attached hydrogen (secondary N) is 1. The van der Waals surface area contributed by atoms with E-state index in [9.17, 15) is 4.39 Å². The Morgan fingerprint density at radius 3 is 2.75 bits per heavy atom. The Bertz CT molecular complexity index is 579. The molecule has 6 heteroatoms. The van der Waals surface area contributed by atoms with Crippen molar-refractivity contribution in [3.63, 3.8) is 0 Å². The molecule has 0 amide bonds. The van der Waals surface area contributed by atoms with Crippen molar-refractivity contribution in [2.45, 2.75) is 39.3 Å². The zero-order valence-corrected chi connectivity index (χ0v) is 12.0. The summed E-state index contributed by atoms with van der Waals surface area (Å²) in [5, 5.41) is 4.18. The SMILES string of the molecule is Cc1ccc(C(Cc2ncnn2C(C)C)NN)c(F)c1. The molecule has 2 rings (SSSR count). The zero-order chi connectivity index (χ0) is 14.7. The number of benzene rings is 1. The van der Waals surface area contributed by atoms with Gasteiger partial charge in [-0.25, -0.2) is 14.1 Å². The second-order valence-electron chi connectivity index (χ2n) is 5.16. The van der Waals surface area contributed by atoms with E-state index in [1.54, 1.807) is 6.07 Å². The van der Waals surface area contributed by atoms with Crippen molar-refractivity contribution in [3.8, 4) is 0 Å². The van der Waals surface area contributed by atoms with E-state index in [0.29, 0.717) is 12.0 Å². The van der Waals surface area contributed by atoms with E-state index in [-0.39, 0.29) is 17.9 Å². The van der Waals surface area contributed by atoms with Gasteiger partial charge in [0.1, 0.15) is 18.0 Å². The summed E-state index contributed by atoms with van der Waals surface area (Å²) in [5.74, 6) is 6.10. The van der Waals surface area contributed by atoms with E-state index in [4.69, 9.17) is 5.84 Å². The van der Waals surface area contributed by atoms with Crippen LogP contribution in [0.4, 0.5) is 4.39 Å². The molecule has 0 saturated heterocycles. The monoisotopic (exact) mass is 277 g/mol. The molecule has 0 aliphatic heterocycles. The van der Waals surface area contributed by atoms with Crippen LogP contribution in [0.2, 0.25) is 0 Å². The van der Waals surface area contributed by atoms with Gasteiger partial charge in [-0.05, 0) is 32.4 Å². The summed E-state index contributed by atoms with van der Waals surface area (Å²) in [4.78, 5) is 4.23. The predicted octanol–water partition coefficient (Wildman–Crippen LogP) is 2.05. The highest BCUT2D eigenvalue weighted by Crippen LogP contribution is 2.21. The normalized spacial score (nSPS) is 12.9. The molecule has 0 fully saturated rings.